The standard InChI is InChI=1S/C20H21N3O3/c1-13-18(24)8-15(9-19(13)25)11-23-12-22-16(17(23)10-20(21)26)7-14-5-3-2-4-6-14/h2-6,8-9,12,24-25H,7,10-11H2,1H3,(H2,21,26). The number of hydrogen-bond donors (Lipinski definition) is 3. The van der Waals surface area contributed by atoms with E-state index < -0.39 is 5.91 Å². The largest absolute Gasteiger partial charge is 0.508 e. The van der Waals surface area contributed by atoms with Crippen molar-refractivity contribution in [1.82, 2.24) is 9.55 Å². The molecule has 3 aromatic rings. The van der Waals surface area contributed by atoms with Crippen LogP contribution in [0.4, 0.5) is 0 Å². The van der Waals surface area contributed by atoms with Gasteiger partial charge in [0, 0.05) is 18.5 Å². The van der Waals surface area contributed by atoms with E-state index in [2.05, 4.69) is 4.98 Å². The van der Waals surface area contributed by atoms with Crippen LogP contribution in [-0.4, -0.2) is 25.7 Å². The van der Waals surface area contributed by atoms with Gasteiger partial charge in [-0.25, -0.2) is 4.98 Å². The lowest BCUT2D eigenvalue weighted by molar-refractivity contribution is -0.117. The summed E-state index contributed by atoms with van der Waals surface area (Å²) in [6.07, 6.45) is 2.33. The minimum atomic E-state index is -0.435. The number of imidazole rings is 1. The fraction of sp³-hybridized carbons (Fsp3) is 0.200. The molecule has 1 amide bonds. The Labute approximate surface area is 151 Å². The van der Waals surface area contributed by atoms with E-state index in [1.807, 2.05) is 34.9 Å². The maximum Gasteiger partial charge on any atom is 0.223 e. The summed E-state index contributed by atoms with van der Waals surface area (Å²) in [6.45, 7) is 2.01. The number of phenols is 2. The van der Waals surface area contributed by atoms with Crippen molar-refractivity contribution in [3.63, 3.8) is 0 Å². The highest BCUT2D eigenvalue weighted by molar-refractivity contribution is 5.76. The van der Waals surface area contributed by atoms with Gasteiger partial charge in [0.15, 0.2) is 0 Å². The molecule has 1 aromatic heterocycles. The molecule has 1 heterocycles. The van der Waals surface area contributed by atoms with Crippen LogP contribution in [0.25, 0.3) is 0 Å². The molecule has 4 N–H and O–H groups in total. The van der Waals surface area contributed by atoms with E-state index in [9.17, 15) is 15.0 Å². The van der Waals surface area contributed by atoms with Gasteiger partial charge in [-0.15, -0.1) is 0 Å². The Morgan fingerprint density at radius 1 is 1.12 bits per heavy atom. The van der Waals surface area contributed by atoms with E-state index in [-0.39, 0.29) is 17.9 Å². The monoisotopic (exact) mass is 351 g/mol. The number of aromatic hydroxyl groups is 2. The molecule has 0 saturated heterocycles. The van der Waals surface area contributed by atoms with Gasteiger partial charge < -0.3 is 20.5 Å². The molecular weight excluding hydrogens is 330 g/mol. The first kappa shape index (κ1) is 17.5. The van der Waals surface area contributed by atoms with Crippen LogP contribution < -0.4 is 5.73 Å². The van der Waals surface area contributed by atoms with Gasteiger partial charge in [-0.05, 0) is 30.2 Å². The van der Waals surface area contributed by atoms with E-state index in [1.54, 1.807) is 25.4 Å². The summed E-state index contributed by atoms with van der Waals surface area (Å²) >= 11 is 0. The fourth-order valence-electron chi connectivity index (χ4n) is 2.92. The average molecular weight is 351 g/mol. The summed E-state index contributed by atoms with van der Waals surface area (Å²) in [7, 11) is 0. The molecule has 26 heavy (non-hydrogen) atoms. The molecule has 6 heteroatoms. The number of nitrogens with zero attached hydrogens (tertiary/aromatic N) is 2. The van der Waals surface area contributed by atoms with E-state index in [4.69, 9.17) is 5.73 Å². The van der Waals surface area contributed by atoms with Crippen LogP contribution in [0, 0.1) is 6.92 Å². The third-order valence-electron chi connectivity index (χ3n) is 4.35. The van der Waals surface area contributed by atoms with Crippen molar-refractivity contribution in [3.8, 4) is 11.5 Å². The molecule has 0 atom stereocenters. The zero-order valence-corrected chi connectivity index (χ0v) is 14.5. The summed E-state index contributed by atoms with van der Waals surface area (Å²) in [4.78, 5) is 16.0. The van der Waals surface area contributed by atoms with Gasteiger partial charge in [0.2, 0.25) is 5.91 Å². The Hall–Kier alpha value is -3.28. The van der Waals surface area contributed by atoms with Gasteiger partial charge in [0.05, 0.1) is 24.1 Å². The van der Waals surface area contributed by atoms with E-state index >= 15 is 0 Å². The maximum atomic E-state index is 11.5. The number of phenolic OH excluding ortho intramolecular Hbond substituents is 2. The molecule has 0 unspecified atom stereocenters. The number of carbonyl (C=O) groups is 1. The van der Waals surface area contributed by atoms with Gasteiger partial charge in [0.25, 0.3) is 0 Å². The molecule has 3 rings (SSSR count). The molecule has 2 aromatic carbocycles. The fourth-order valence-corrected chi connectivity index (χ4v) is 2.92. The number of carbonyl (C=O) groups excluding carboxylic acids is 1. The summed E-state index contributed by atoms with van der Waals surface area (Å²) in [6, 6.07) is 13.1. The molecule has 0 radical (unpaired) electrons. The lowest BCUT2D eigenvalue weighted by atomic mass is 10.1. The lowest BCUT2D eigenvalue weighted by Crippen LogP contribution is -2.18. The van der Waals surface area contributed by atoms with Gasteiger partial charge in [-0.2, -0.15) is 0 Å². The van der Waals surface area contributed by atoms with Crippen molar-refractivity contribution in [2.75, 3.05) is 0 Å². The van der Waals surface area contributed by atoms with E-state index in [1.165, 1.54) is 0 Å². The Bertz CT molecular complexity index is 910. The molecule has 0 spiro atoms. The second kappa shape index (κ2) is 7.31. The van der Waals surface area contributed by atoms with E-state index in [0.29, 0.717) is 24.1 Å². The summed E-state index contributed by atoms with van der Waals surface area (Å²) in [5.41, 5.74) is 9.17. The summed E-state index contributed by atoms with van der Waals surface area (Å²) in [5.74, 6) is -0.377. The molecular formula is C20H21N3O3. The number of amides is 1. The highest BCUT2D eigenvalue weighted by Crippen LogP contribution is 2.28. The van der Waals surface area contributed by atoms with Crippen LogP contribution in [0.2, 0.25) is 0 Å². The van der Waals surface area contributed by atoms with Gasteiger partial charge >= 0.3 is 0 Å². The molecule has 0 aliphatic heterocycles. The van der Waals surface area contributed by atoms with Crippen LogP contribution in [0.1, 0.15) is 28.1 Å². The number of rotatable bonds is 6. The van der Waals surface area contributed by atoms with Gasteiger partial charge in [0.1, 0.15) is 11.5 Å². The number of primary amides is 1. The molecule has 0 bridgehead atoms. The predicted octanol–water partition coefficient (Wildman–Crippen LogP) is 2.27. The normalized spacial score (nSPS) is 10.8. The van der Waals surface area contributed by atoms with Crippen molar-refractivity contribution in [1.29, 1.82) is 0 Å². The number of nitrogens with two attached hydrogens (primary N) is 1. The summed E-state index contributed by atoms with van der Waals surface area (Å²) in [5, 5.41) is 19.8. The van der Waals surface area contributed by atoms with Gasteiger partial charge in [-0.1, -0.05) is 30.3 Å². The zero-order valence-electron chi connectivity index (χ0n) is 14.5. The second-order valence-electron chi connectivity index (χ2n) is 6.33. The molecule has 0 aliphatic rings. The first-order chi connectivity index (χ1) is 12.4. The minimum Gasteiger partial charge on any atom is -0.508 e. The first-order valence-corrected chi connectivity index (χ1v) is 8.30. The lowest BCUT2D eigenvalue weighted by Gasteiger charge is -2.11. The SMILES string of the molecule is Cc1c(O)cc(Cn2cnc(Cc3ccccc3)c2CC(N)=O)cc1O. The van der Waals surface area contributed by atoms with Crippen molar-refractivity contribution in [3.05, 3.63) is 76.9 Å². The Kier molecular flexibility index (Phi) is 4.93. The first-order valence-electron chi connectivity index (χ1n) is 8.30. The van der Waals surface area contributed by atoms with Crippen LogP contribution >= 0.6 is 0 Å². The Morgan fingerprint density at radius 2 is 1.77 bits per heavy atom. The summed E-state index contributed by atoms with van der Waals surface area (Å²) < 4.78 is 1.83. The van der Waals surface area contributed by atoms with Crippen LogP contribution in [0.5, 0.6) is 11.5 Å². The van der Waals surface area contributed by atoms with Crippen molar-refractivity contribution < 1.29 is 15.0 Å². The third-order valence-corrected chi connectivity index (χ3v) is 4.35. The molecule has 0 saturated carbocycles. The van der Waals surface area contributed by atoms with E-state index in [0.717, 1.165) is 17.0 Å². The zero-order chi connectivity index (χ0) is 18.7. The predicted molar refractivity (Wildman–Crippen MR) is 98.0 cm³/mol. The highest BCUT2D eigenvalue weighted by atomic mass is 16.3. The number of hydrogen-bond acceptors (Lipinski definition) is 4. The van der Waals surface area contributed by atoms with Crippen molar-refractivity contribution >= 4 is 5.91 Å². The molecule has 0 aliphatic carbocycles. The Balaban J connectivity index is 1.93. The topological polar surface area (TPSA) is 101 Å². The van der Waals surface area contributed by atoms with Crippen molar-refractivity contribution in [2.24, 2.45) is 5.73 Å². The number of aromatic nitrogens is 2. The van der Waals surface area contributed by atoms with Crippen molar-refractivity contribution in [2.45, 2.75) is 26.3 Å². The maximum absolute atomic E-state index is 11.5. The third kappa shape index (κ3) is 3.85. The smallest absolute Gasteiger partial charge is 0.223 e. The van der Waals surface area contributed by atoms with Crippen LogP contribution in [0.15, 0.2) is 48.8 Å². The Morgan fingerprint density at radius 3 is 2.38 bits per heavy atom. The average Bonchev–Trinajstić information content (AvgIpc) is 2.95. The minimum absolute atomic E-state index is 0.0288. The number of benzene rings is 2. The molecule has 0 fully saturated rings. The highest BCUT2D eigenvalue weighted by Gasteiger charge is 2.15. The quantitative estimate of drug-likeness (QED) is 0.634. The molecule has 6 nitrogen and oxygen atoms in total. The van der Waals surface area contributed by atoms with Crippen LogP contribution in [0.3, 0.4) is 0 Å². The molecule has 134 valence electrons. The van der Waals surface area contributed by atoms with Crippen LogP contribution in [-0.2, 0) is 24.2 Å². The second-order valence-corrected chi connectivity index (χ2v) is 6.33. The van der Waals surface area contributed by atoms with Gasteiger partial charge in [-0.3, -0.25) is 4.79 Å².